The first-order chi connectivity index (χ1) is 10.2. The van der Waals surface area contributed by atoms with Gasteiger partial charge in [0.1, 0.15) is 0 Å². The van der Waals surface area contributed by atoms with Crippen LogP contribution < -0.4 is 0 Å². The second-order valence-corrected chi connectivity index (χ2v) is 7.43. The maximum absolute atomic E-state index is 12.7. The zero-order chi connectivity index (χ0) is 14.1. The molecule has 3 bridgehead atoms. The molecule has 5 rings (SSSR count). The van der Waals surface area contributed by atoms with Crippen molar-refractivity contribution in [3.63, 3.8) is 0 Å². The number of amides is 2. The predicted molar refractivity (Wildman–Crippen MR) is 77.8 cm³/mol. The number of imide groups is 1. The molecule has 21 heavy (non-hydrogen) atoms. The van der Waals surface area contributed by atoms with E-state index in [4.69, 9.17) is 0 Å². The van der Waals surface area contributed by atoms with Crippen LogP contribution in [-0.4, -0.2) is 22.8 Å². The van der Waals surface area contributed by atoms with Gasteiger partial charge in [-0.15, -0.1) is 0 Å². The Morgan fingerprint density at radius 2 is 1.43 bits per heavy atom. The summed E-state index contributed by atoms with van der Waals surface area (Å²) in [5, 5.41) is 0. The lowest BCUT2D eigenvalue weighted by Crippen LogP contribution is -2.48. The molecule has 3 saturated carbocycles. The molecule has 3 nitrogen and oxygen atoms in total. The van der Waals surface area contributed by atoms with Gasteiger partial charge in [0.2, 0.25) is 0 Å². The van der Waals surface area contributed by atoms with E-state index in [0.717, 1.165) is 24.2 Å². The average molecular weight is 281 g/mol. The largest absolute Gasteiger partial charge is 0.271 e. The van der Waals surface area contributed by atoms with Crippen molar-refractivity contribution in [1.29, 1.82) is 0 Å². The summed E-state index contributed by atoms with van der Waals surface area (Å²) in [4.78, 5) is 27.1. The van der Waals surface area contributed by atoms with E-state index in [9.17, 15) is 9.59 Å². The molecule has 5 unspecified atom stereocenters. The zero-order valence-electron chi connectivity index (χ0n) is 12.0. The second kappa shape index (κ2) is 3.96. The van der Waals surface area contributed by atoms with Gasteiger partial charge >= 0.3 is 0 Å². The van der Waals surface area contributed by atoms with Crippen LogP contribution in [0.5, 0.6) is 0 Å². The first kappa shape index (κ1) is 12.0. The maximum Gasteiger partial charge on any atom is 0.261 e. The van der Waals surface area contributed by atoms with Crippen LogP contribution in [0.3, 0.4) is 0 Å². The fourth-order valence-electron chi connectivity index (χ4n) is 5.72. The molecular formula is C18H19NO2. The Morgan fingerprint density at radius 1 is 0.810 bits per heavy atom. The summed E-state index contributed by atoms with van der Waals surface area (Å²) in [5.41, 5.74) is 1.21. The number of hydrogen-bond donors (Lipinski definition) is 0. The van der Waals surface area contributed by atoms with Gasteiger partial charge in [-0.3, -0.25) is 14.5 Å². The topological polar surface area (TPSA) is 37.4 Å². The molecule has 1 heterocycles. The predicted octanol–water partition coefficient (Wildman–Crippen LogP) is 3.11. The SMILES string of the molecule is O=C1c2ccccc2C(=O)N1C1CC2CC3CC(C2)C1C3. The highest BCUT2D eigenvalue weighted by atomic mass is 16.2. The van der Waals surface area contributed by atoms with Crippen LogP contribution in [0.25, 0.3) is 0 Å². The summed E-state index contributed by atoms with van der Waals surface area (Å²) in [7, 11) is 0. The summed E-state index contributed by atoms with van der Waals surface area (Å²) >= 11 is 0. The Morgan fingerprint density at radius 3 is 2.10 bits per heavy atom. The van der Waals surface area contributed by atoms with Gasteiger partial charge in [-0.05, 0) is 67.9 Å². The fraction of sp³-hybridized carbons (Fsp3) is 0.556. The van der Waals surface area contributed by atoms with E-state index in [0.29, 0.717) is 17.0 Å². The van der Waals surface area contributed by atoms with Crippen molar-refractivity contribution >= 4 is 11.8 Å². The van der Waals surface area contributed by atoms with Crippen molar-refractivity contribution in [2.24, 2.45) is 23.7 Å². The molecule has 0 N–H and O–H groups in total. The molecule has 3 aliphatic carbocycles. The summed E-state index contributed by atoms with van der Waals surface area (Å²) in [5.74, 6) is 2.82. The molecule has 108 valence electrons. The van der Waals surface area contributed by atoms with Crippen molar-refractivity contribution in [1.82, 2.24) is 4.90 Å². The normalized spacial score (nSPS) is 40.0. The summed E-state index contributed by atoms with van der Waals surface area (Å²) in [6.07, 6.45) is 6.27. The molecule has 0 aromatic heterocycles. The van der Waals surface area contributed by atoms with E-state index < -0.39 is 0 Å². The molecule has 3 heteroatoms. The van der Waals surface area contributed by atoms with E-state index in [1.54, 1.807) is 17.0 Å². The standard InChI is InChI=1S/C18H19NO2/c20-17-13-3-1-2-4-14(13)18(21)19(17)16-9-11-5-10-6-12(7-11)15(16)8-10/h1-4,10-12,15-16H,5-9H2. The first-order valence-electron chi connectivity index (χ1n) is 8.19. The Hall–Kier alpha value is -1.64. The quantitative estimate of drug-likeness (QED) is 0.742. The maximum atomic E-state index is 12.7. The van der Waals surface area contributed by atoms with E-state index in [1.807, 2.05) is 12.1 Å². The minimum Gasteiger partial charge on any atom is -0.271 e. The third-order valence-corrected chi connectivity index (χ3v) is 6.38. The minimum absolute atomic E-state index is 0.0506. The molecule has 1 aliphatic heterocycles. The highest BCUT2D eigenvalue weighted by Crippen LogP contribution is 2.56. The Kier molecular flexibility index (Phi) is 2.26. The molecule has 1 aromatic carbocycles. The van der Waals surface area contributed by atoms with Crippen molar-refractivity contribution in [3.05, 3.63) is 35.4 Å². The van der Waals surface area contributed by atoms with E-state index in [-0.39, 0.29) is 17.9 Å². The van der Waals surface area contributed by atoms with E-state index in [2.05, 4.69) is 0 Å². The third kappa shape index (κ3) is 1.49. The molecule has 0 radical (unpaired) electrons. The van der Waals surface area contributed by atoms with Gasteiger partial charge in [0, 0.05) is 6.04 Å². The lowest BCUT2D eigenvalue weighted by atomic mass is 9.69. The Balaban J connectivity index is 1.55. The molecule has 1 aromatic rings. The zero-order valence-corrected chi connectivity index (χ0v) is 12.0. The number of fused-ring (bicyclic) bond motifs is 3. The summed E-state index contributed by atoms with van der Waals surface area (Å²) in [6.45, 7) is 0. The highest BCUT2D eigenvalue weighted by Gasteiger charge is 2.53. The monoisotopic (exact) mass is 281 g/mol. The lowest BCUT2D eigenvalue weighted by Gasteiger charge is -2.42. The van der Waals surface area contributed by atoms with Gasteiger partial charge in [0.05, 0.1) is 11.1 Å². The summed E-state index contributed by atoms with van der Waals surface area (Å²) < 4.78 is 0. The molecule has 0 spiro atoms. The van der Waals surface area contributed by atoms with E-state index in [1.165, 1.54) is 25.7 Å². The van der Waals surface area contributed by atoms with Gasteiger partial charge in [-0.25, -0.2) is 0 Å². The van der Waals surface area contributed by atoms with Gasteiger partial charge < -0.3 is 0 Å². The van der Waals surface area contributed by atoms with Crippen LogP contribution in [-0.2, 0) is 0 Å². The number of carbonyl (C=O) groups is 2. The van der Waals surface area contributed by atoms with Crippen LogP contribution in [0.4, 0.5) is 0 Å². The van der Waals surface area contributed by atoms with Gasteiger partial charge in [-0.2, -0.15) is 0 Å². The third-order valence-electron chi connectivity index (χ3n) is 6.38. The Labute approximate surface area is 124 Å². The number of hydrogen-bond acceptors (Lipinski definition) is 2. The molecule has 5 atom stereocenters. The molecule has 4 aliphatic rings. The summed E-state index contributed by atoms with van der Waals surface area (Å²) in [6, 6.07) is 7.45. The Bertz CT molecular complexity index is 615. The van der Waals surface area contributed by atoms with Gasteiger partial charge in [-0.1, -0.05) is 12.1 Å². The molecule has 0 saturated heterocycles. The lowest BCUT2D eigenvalue weighted by molar-refractivity contribution is 0.0349. The van der Waals surface area contributed by atoms with Crippen molar-refractivity contribution < 1.29 is 9.59 Å². The minimum atomic E-state index is -0.0506. The second-order valence-electron chi connectivity index (χ2n) is 7.43. The number of nitrogens with zero attached hydrogens (tertiary/aromatic N) is 1. The number of rotatable bonds is 1. The van der Waals surface area contributed by atoms with Crippen LogP contribution in [0, 0.1) is 23.7 Å². The van der Waals surface area contributed by atoms with Crippen LogP contribution in [0.1, 0.15) is 52.8 Å². The average Bonchev–Trinajstić information content (AvgIpc) is 2.87. The highest BCUT2D eigenvalue weighted by molar-refractivity contribution is 6.21. The molecule has 3 fully saturated rings. The van der Waals surface area contributed by atoms with Crippen molar-refractivity contribution in [3.8, 4) is 0 Å². The van der Waals surface area contributed by atoms with Gasteiger partial charge in [0.25, 0.3) is 11.8 Å². The molecular weight excluding hydrogens is 262 g/mol. The van der Waals surface area contributed by atoms with Crippen LogP contribution in [0.2, 0.25) is 0 Å². The number of benzene rings is 1. The van der Waals surface area contributed by atoms with Crippen molar-refractivity contribution in [2.75, 3.05) is 0 Å². The van der Waals surface area contributed by atoms with Crippen molar-refractivity contribution in [2.45, 2.75) is 38.1 Å². The van der Waals surface area contributed by atoms with Gasteiger partial charge in [0.15, 0.2) is 0 Å². The van der Waals surface area contributed by atoms with E-state index >= 15 is 0 Å². The van der Waals surface area contributed by atoms with Crippen LogP contribution in [0.15, 0.2) is 24.3 Å². The number of carbonyl (C=O) groups excluding carboxylic acids is 2. The van der Waals surface area contributed by atoms with Crippen LogP contribution >= 0.6 is 0 Å². The first-order valence-corrected chi connectivity index (χ1v) is 8.19. The fourth-order valence-corrected chi connectivity index (χ4v) is 5.72. The molecule has 2 amide bonds. The smallest absolute Gasteiger partial charge is 0.261 e.